The predicted molar refractivity (Wildman–Crippen MR) is 78.1 cm³/mol. The molecule has 1 amide bonds. The number of carbonyl (C=O) groups is 1. The first-order valence-corrected chi connectivity index (χ1v) is 8.06. The maximum atomic E-state index is 12.1. The van der Waals surface area contributed by atoms with Gasteiger partial charge in [0, 0.05) is 31.0 Å². The monoisotopic (exact) mass is 329 g/mol. The van der Waals surface area contributed by atoms with Gasteiger partial charge in [-0.05, 0) is 6.07 Å². The highest BCUT2D eigenvalue weighted by Gasteiger charge is 2.34. The zero-order valence-corrected chi connectivity index (χ0v) is 12.6. The summed E-state index contributed by atoms with van der Waals surface area (Å²) in [6.07, 6.45) is 0.0161. The van der Waals surface area contributed by atoms with Gasteiger partial charge >= 0.3 is 0 Å². The summed E-state index contributed by atoms with van der Waals surface area (Å²) in [4.78, 5) is 23.7. The van der Waals surface area contributed by atoms with Crippen LogP contribution in [0.1, 0.15) is 6.42 Å². The number of methoxy groups -OCH3 is 1. The van der Waals surface area contributed by atoms with Gasteiger partial charge in [-0.1, -0.05) is 0 Å². The lowest BCUT2D eigenvalue weighted by Crippen LogP contribution is -2.27. The van der Waals surface area contributed by atoms with E-state index in [1.54, 1.807) is 0 Å². The van der Waals surface area contributed by atoms with E-state index in [4.69, 9.17) is 9.88 Å². The molecule has 2 rings (SSSR count). The summed E-state index contributed by atoms with van der Waals surface area (Å²) >= 11 is 0. The van der Waals surface area contributed by atoms with E-state index >= 15 is 0 Å². The summed E-state index contributed by atoms with van der Waals surface area (Å²) in [7, 11) is -2.31. The van der Waals surface area contributed by atoms with Gasteiger partial charge < -0.3 is 9.64 Å². The third-order valence-electron chi connectivity index (χ3n) is 3.34. The molecule has 1 unspecified atom stereocenters. The Hall–Kier alpha value is -2.20. The molecule has 2 N–H and O–H groups in total. The number of nitro benzene ring substituents is 1. The summed E-state index contributed by atoms with van der Waals surface area (Å²) in [6, 6.07) is 3.90. The highest BCUT2D eigenvalue weighted by Crippen LogP contribution is 2.36. The molecule has 9 nitrogen and oxygen atoms in total. The van der Waals surface area contributed by atoms with Gasteiger partial charge in [-0.25, -0.2) is 13.6 Å². The lowest BCUT2D eigenvalue weighted by atomic mass is 10.1. The number of sulfonamides is 1. The number of nitro groups is 1. The molecule has 0 bridgehead atoms. The van der Waals surface area contributed by atoms with E-state index in [-0.39, 0.29) is 36.0 Å². The largest absolute Gasteiger partial charge is 0.495 e. The number of rotatable bonds is 5. The topological polar surface area (TPSA) is 133 Å². The maximum absolute atomic E-state index is 12.1. The lowest BCUT2D eigenvalue weighted by molar-refractivity contribution is -0.384. The van der Waals surface area contributed by atoms with Crippen LogP contribution < -0.4 is 14.8 Å². The number of amides is 1. The molecule has 0 aliphatic carbocycles. The van der Waals surface area contributed by atoms with Crippen molar-refractivity contribution >= 4 is 27.3 Å². The summed E-state index contributed by atoms with van der Waals surface area (Å²) in [5, 5.41) is 15.9. The Bertz CT molecular complexity index is 718. The average molecular weight is 329 g/mol. The number of benzene rings is 1. The molecule has 1 aromatic carbocycles. The van der Waals surface area contributed by atoms with E-state index in [0.717, 1.165) is 0 Å². The molecule has 120 valence electrons. The van der Waals surface area contributed by atoms with Crippen LogP contribution in [0.25, 0.3) is 0 Å². The van der Waals surface area contributed by atoms with Crippen molar-refractivity contribution in [3.8, 4) is 5.75 Å². The average Bonchev–Trinajstić information content (AvgIpc) is 2.76. The van der Waals surface area contributed by atoms with Crippen LogP contribution in [0.15, 0.2) is 18.2 Å². The second kappa shape index (κ2) is 5.89. The van der Waals surface area contributed by atoms with Crippen LogP contribution in [0.5, 0.6) is 5.75 Å². The normalized spacial score (nSPS) is 18.5. The van der Waals surface area contributed by atoms with Crippen molar-refractivity contribution in [2.24, 2.45) is 11.1 Å². The minimum atomic E-state index is -3.69. The van der Waals surface area contributed by atoms with E-state index in [1.807, 2.05) is 0 Å². The Balaban J connectivity index is 2.33. The zero-order chi connectivity index (χ0) is 16.5. The molecule has 1 atom stereocenters. The summed E-state index contributed by atoms with van der Waals surface area (Å²) in [5.74, 6) is -0.791. The molecular formula is C12H15N3O6S. The predicted octanol–water partition coefficient (Wildman–Crippen LogP) is 0.245. The molecule has 1 aliphatic heterocycles. The van der Waals surface area contributed by atoms with Gasteiger partial charge in [0.1, 0.15) is 5.75 Å². The number of hydrogen-bond acceptors (Lipinski definition) is 6. The summed E-state index contributed by atoms with van der Waals surface area (Å²) < 4.78 is 27.4. The first-order chi connectivity index (χ1) is 10.2. The van der Waals surface area contributed by atoms with Gasteiger partial charge in [0.2, 0.25) is 15.9 Å². The van der Waals surface area contributed by atoms with Crippen LogP contribution in [-0.4, -0.2) is 38.7 Å². The molecule has 0 radical (unpaired) electrons. The van der Waals surface area contributed by atoms with Crippen LogP contribution in [-0.2, 0) is 14.8 Å². The maximum Gasteiger partial charge on any atom is 0.271 e. The van der Waals surface area contributed by atoms with Gasteiger partial charge in [-0.3, -0.25) is 14.9 Å². The molecule has 10 heteroatoms. The molecule has 0 spiro atoms. The lowest BCUT2D eigenvalue weighted by Gasteiger charge is -2.19. The third kappa shape index (κ3) is 3.52. The summed E-state index contributed by atoms with van der Waals surface area (Å²) in [6.45, 7) is 0.118. The zero-order valence-electron chi connectivity index (χ0n) is 11.8. The van der Waals surface area contributed by atoms with Gasteiger partial charge in [0.15, 0.2) is 0 Å². The fourth-order valence-corrected chi connectivity index (χ4v) is 3.34. The molecule has 1 saturated heterocycles. The number of primary sulfonamides is 1. The van der Waals surface area contributed by atoms with Crippen LogP contribution in [0, 0.1) is 16.0 Å². The summed E-state index contributed by atoms with van der Waals surface area (Å²) in [5.41, 5.74) is 0.0668. The number of carbonyl (C=O) groups excluding carboxylic acids is 1. The molecule has 1 aliphatic rings. The standard InChI is InChI=1S/C12H15N3O6S/c1-21-11-3-2-9(15(17)18)5-10(11)14-6-8(4-12(14)16)7-22(13,19)20/h2-3,5,8H,4,6-7H2,1H3,(H2,13,19,20). The first kappa shape index (κ1) is 16.2. The fourth-order valence-electron chi connectivity index (χ4n) is 2.46. The van der Waals surface area contributed by atoms with E-state index in [1.165, 1.54) is 30.2 Å². The molecule has 0 saturated carbocycles. The number of anilines is 1. The van der Waals surface area contributed by atoms with Crippen LogP contribution in [0.2, 0.25) is 0 Å². The van der Waals surface area contributed by atoms with Crippen LogP contribution >= 0.6 is 0 Å². The van der Waals surface area contributed by atoms with E-state index in [0.29, 0.717) is 5.75 Å². The highest BCUT2D eigenvalue weighted by atomic mass is 32.2. The van der Waals surface area contributed by atoms with Gasteiger partial charge in [0.05, 0.1) is 23.5 Å². The number of hydrogen-bond donors (Lipinski definition) is 1. The molecule has 0 aromatic heterocycles. The van der Waals surface area contributed by atoms with Crippen LogP contribution in [0.3, 0.4) is 0 Å². The highest BCUT2D eigenvalue weighted by molar-refractivity contribution is 7.89. The Kier molecular flexibility index (Phi) is 4.33. The quantitative estimate of drug-likeness (QED) is 0.608. The van der Waals surface area contributed by atoms with Gasteiger partial charge in [-0.2, -0.15) is 0 Å². The van der Waals surface area contributed by atoms with E-state index in [2.05, 4.69) is 0 Å². The molecule has 1 heterocycles. The molecule has 1 fully saturated rings. The van der Waals surface area contributed by atoms with Crippen molar-refractivity contribution in [1.29, 1.82) is 0 Å². The van der Waals surface area contributed by atoms with Crippen LogP contribution in [0.4, 0.5) is 11.4 Å². The number of nitrogens with two attached hydrogens (primary N) is 1. The first-order valence-electron chi connectivity index (χ1n) is 6.34. The smallest absolute Gasteiger partial charge is 0.271 e. The van der Waals surface area contributed by atoms with Gasteiger partial charge in [-0.15, -0.1) is 0 Å². The van der Waals surface area contributed by atoms with Crippen molar-refractivity contribution in [1.82, 2.24) is 0 Å². The SMILES string of the molecule is COc1ccc([N+](=O)[O-])cc1N1CC(CS(N)(=O)=O)CC1=O. The second-order valence-electron chi connectivity index (χ2n) is 5.02. The third-order valence-corrected chi connectivity index (χ3v) is 4.27. The molecule has 1 aromatic rings. The van der Waals surface area contributed by atoms with Gasteiger partial charge in [0.25, 0.3) is 5.69 Å². The van der Waals surface area contributed by atoms with E-state index < -0.39 is 20.9 Å². The number of non-ortho nitro benzene ring substituents is 1. The van der Waals surface area contributed by atoms with E-state index in [9.17, 15) is 23.3 Å². The second-order valence-corrected chi connectivity index (χ2v) is 6.68. The Morgan fingerprint density at radius 3 is 2.73 bits per heavy atom. The van der Waals surface area contributed by atoms with Crippen molar-refractivity contribution in [2.75, 3.05) is 24.3 Å². The van der Waals surface area contributed by atoms with Crippen molar-refractivity contribution in [2.45, 2.75) is 6.42 Å². The molecule has 22 heavy (non-hydrogen) atoms. The van der Waals surface area contributed by atoms with Crippen molar-refractivity contribution < 1.29 is 22.9 Å². The number of nitrogens with zero attached hydrogens (tertiary/aromatic N) is 2. The fraction of sp³-hybridized carbons (Fsp3) is 0.417. The Morgan fingerprint density at radius 1 is 1.50 bits per heavy atom. The minimum Gasteiger partial charge on any atom is -0.495 e. The minimum absolute atomic E-state index is 0.0161. The molecular weight excluding hydrogens is 314 g/mol. The Morgan fingerprint density at radius 2 is 2.18 bits per heavy atom. The van der Waals surface area contributed by atoms with Crippen molar-refractivity contribution in [3.05, 3.63) is 28.3 Å². The Labute approximate surface area is 126 Å². The number of ether oxygens (including phenoxy) is 1. The van der Waals surface area contributed by atoms with Crippen molar-refractivity contribution in [3.63, 3.8) is 0 Å².